The number of aliphatic carboxylic acids is 3. The van der Waals surface area contributed by atoms with Gasteiger partial charge in [0, 0.05) is 5.92 Å². The molecule has 0 saturated heterocycles. The number of quaternary nitrogens is 1. The Morgan fingerprint density at radius 2 is 0.971 bits per heavy atom. The predicted octanol–water partition coefficient (Wildman–Crippen LogP) is 4.72. The van der Waals surface area contributed by atoms with Crippen LogP contribution in [0.2, 0.25) is 0 Å². The monoisotopic (exact) mass is 485 g/mol. The molecule has 0 aromatic rings. The molecule has 0 radical (unpaired) electrons. The summed E-state index contributed by atoms with van der Waals surface area (Å²) in [5, 5.41) is 31.2. The molecule has 0 fully saturated rings. The molecule has 0 aromatic heterocycles. The number of nitrogens with zero attached hydrogens (tertiary/aromatic N) is 1. The SMILES string of the molecule is CCCCCCCCCCCC[N+](CC(CC)C(=O)[O-])(CC(CC)C(=O)O)CC(CC)C(=O)O. The van der Waals surface area contributed by atoms with Crippen LogP contribution in [0.4, 0.5) is 0 Å². The lowest BCUT2D eigenvalue weighted by Gasteiger charge is -2.44. The molecular weight excluding hydrogens is 434 g/mol. The summed E-state index contributed by atoms with van der Waals surface area (Å²) in [5.74, 6) is -4.93. The third-order valence-electron chi connectivity index (χ3n) is 7.32. The molecule has 3 atom stereocenters. The lowest BCUT2D eigenvalue weighted by atomic mass is 9.95. The molecule has 0 saturated carbocycles. The van der Waals surface area contributed by atoms with E-state index in [2.05, 4.69) is 6.92 Å². The van der Waals surface area contributed by atoms with E-state index in [-0.39, 0.29) is 24.1 Å². The van der Waals surface area contributed by atoms with Crippen molar-refractivity contribution < 1.29 is 34.2 Å². The van der Waals surface area contributed by atoms with Crippen molar-refractivity contribution in [2.75, 3.05) is 26.2 Å². The first-order valence-electron chi connectivity index (χ1n) is 13.7. The molecule has 200 valence electrons. The normalized spacial score (nSPS) is 15.9. The number of carbonyl (C=O) groups excluding carboxylic acids is 1. The summed E-state index contributed by atoms with van der Waals surface area (Å²) in [4.78, 5) is 35.5. The Hall–Kier alpha value is -1.63. The fourth-order valence-electron chi connectivity index (χ4n) is 4.97. The molecule has 0 aliphatic rings. The van der Waals surface area contributed by atoms with Gasteiger partial charge >= 0.3 is 11.9 Å². The van der Waals surface area contributed by atoms with Gasteiger partial charge in [0.15, 0.2) is 0 Å². The standard InChI is InChI=1S/C27H51NO6/c1-5-9-10-11-12-13-14-15-16-17-18-28(19-22(6-2)25(29)30,20-23(7-3)26(31)32)21-24(8-4)27(33)34/h22-24H,5-21H2,1-4H3,(H2-,29,30,31,32,33,34). The molecular formula is C27H51NO6. The highest BCUT2D eigenvalue weighted by atomic mass is 16.4. The Balaban J connectivity index is 5.39. The molecule has 2 N–H and O–H groups in total. The van der Waals surface area contributed by atoms with Gasteiger partial charge in [-0.25, -0.2) is 0 Å². The van der Waals surface area contributed by atoms with Gasteiger partial charge in [0.2, 0.25) is 0 Å². The van der Waals surface area contributed by atoms with Crippen LogP contribution in [0.25, 0.3) is 0 Å². The zero-order chi connectivity index (χ0) is 26.0. The first-order valence-corrected chi connectivity index (χ1v) is 13.7. The summed E-state index contributed by atoms with van der Waals surface area (Å²) in [5.41, 5.74) is 0. The molecule has 0 aliphatic heterocycles. The minimum absolute atomic E-state index is 0.221. The van der Waals surface area contributed by atoms with Crippen LogP contribution in [0.15, 0.2) is 0 Å². The Morgan fingerprint density at radius 1 is 0.618 bits per heavy atom. The fraction of sp³-hybridized carbons (Fsp3) is 0.889. The van der Waals surface area contributed by atoms with E-state index in [9.17, 15) is 29.7 Å². The van der Waals surface area contributed by atoms with Gasteiger partial charge in [0.25, 0.3) is 0 Å². The Labute approximate surface area is 207 Å². The minimum atomic E-state index is -1.14. The average Bonchev–Trinajstić information content (AvgIpc) is 2.79. The lowest BCUT2D eigenvalue weighted by molar-refractivity contribution is -0.935. The van der Waals surface area contributed by atoms with Gasteiger partial charge in [0.05, 0.1) is 32.1 Å². The van der Waals surface area contributed by atoms with Gasteiger partial charge in [-0.15, -0.1) is 0 Å². The molecule has 0 spiro atoms. The molecule has 0 rings (SSSR count). The predicted molar refractivity (Wildman–Crippen MR) is 133 cm³/mol. The van der Waals surface area contributed by atoms with Crippen molar-refractivity contribution >= 4 is 17.9 Å². The van der Waals surface area contributed by atoms with E-state index in [1.807, 2.05) is 13.8 Å². The number of hydrogen-bond acceptors (Lipinski definition) is 4. The summed E-state index contributed by atoms with van der Waals surface area (Å²) >= 11 is 0. The zero-order valence-corrected chi connectivity index (χ0v) is 22.2. The topological polar surface area (TPSA) is 115 Å². The smallest absolute Gasteiger partial charge is 0.312 e. The molecule has 7 heteroatoms. The van der Waals surface area contributed by atoms with E-state index in [1.54, 1.807) is 6.92 Å². The van der Waals surface area contributed by atoms with Crippen molar-refractivity contribution in [3.8, 4) is 0 Å². The largest absolute Gasteiger partial charge is 0.550 e. The van der Waals surface area contributed by atoms with Crippen LogP contribution in [0.3, 0.4) is 0 Å². The minimum Gasteiger partial charge on any atom is -0.550 e. The van der Waals surface area contributed by atoms with E-state index in [1.165, 1.54) is 44.9 Å². The highest BCUT2D eigenvalue weighted by Crippen LogP contribution is 2.25. The van der Waals surface area contributed by atoms with Crippen molar-refractivity contribution in [2.45, 2.75) is 111 Å². The van der Waals surface area contributed by atoms with Crippen molar-refractivity contribution in [1.29, 1.82) is 0 Å². The number of rotatable bonds is 23. The van der Waals surface area contributed by atoms with E-state index in [0.717, 1.165) is 19.3 Å². The van der Waals surface area contributed by atoms with Crippen LogP contribution < -0.4 is 5.11 Å². The third kappa shape index (κ3) is 13.3. The maximum Gasteiger partial charge on any atom is 0.312 e. The van der Waals surface area contributed by atoms with Crippen molar-refractivity contribution in [2.24, 2.45) is 17.8 Å². The van der Waals surface area contributed by atoms with Crippen LogP contribution in [-0.4, -0.2) is 58.8 Å². The van der Waals surface area contributed by atoms with Crippen molar-refractivity contribution in [3.63, 3.8) is 0 Å². The Kier molecular flexibility index (Phi) is 17.8. The number of hydrogen-bond donors (Lipinski definition) is 2. The first-order chi connectivity index (χ1) is 16.2. The van der Waals surface area contributed by atoms with E-state index in [4.69, 9.17) is 0 Å². The van der Waals surface area contributed by atoms with Crippen molar-refractivity contribution in [1.82, 2.24) is 0 Å². The van der Waals surface area contributed by atoms with Crippen LogP contribution in [0, 0.1) is 17.8 Å². The maximum absolute atomic E-state index is 11.9. The molecule has 0 bridgehead atoms. The van der Waals surface area contributed by atoms with Crippen LogP contribution in [-0.2, 0) is 14.4 Å². The number of carboxylic acid groups (broad SMARTS) is 3. The summed E-state index contributed by atoms with van der Waals surface area (Å²) < 4.78 is 0.221. The van der Waals surface area contributed by atoms with E-state index < -0.39 is 35.7 Å². The molecule has 0 aliphatic carbocycles. The number of unbranched alkanes of at least 4 members (excludes halogenated alkanes) is 9. The van der Waals surface area contributed by atoms with E-state index in [0.29, 0.717) is 25.8 Å². The third-order valence-corrected chi connectivity index (χ3v) is 7.32. The highest BCUT2D eigenvalue weighted by molar-refractivity contribution is 5.70. The van der Waals surface area contributed by atoms with Crippen LogP contribution in [0.1, 0.15) is 111 Å². The number of carbonyl (C=O) groups is 3. The van der Waals surface area contributed by atoms with Gasteiger partial charge in [-0.3, -0.25) is 9.59 Å². The van der Waals surface area contributed by atoms with Gasteiger partial charge in [0.1, 0.15) is 11.8 Å². The number of carboxylic acids is 3. The van der Waals surface area contributed by atoms with Crippen molar-refractivity contribution in [3.05, 3.63) is 0 Å². The Bertz CT molecular complexity index is 520. The molecule has 0 aromatic carbocycles. The summed E-state index contributed by atoms with van der Waals surface area (Å²) in [7, 11) is 0. The average molecular weight is 486 g/mol. The summed E-state index contributed by atoms with van der Waals surface area (Å²) in [6.45, 7) is 8.99. The van der Waals surface area contributed by atoms with Gasteiger partial charge in [-0.05, 0) is 32.1 Å². The van der Waals surface area contributed by atoms with Gasteiger partial charge in [-0.1, -0.05) is 79.1 Å². The maximum atomic E-state index is 11.9. The van der Waals surface area contributed by atoms with Crippen LogP contribution >= 0.6 is 0 Å². The first kappa shape index (κ1) is 32.4. The van der Waals surface area contributed by atoms with Crippen LogP contribution in [0.5, 0.6) is 0 Å². The fourth-order valence-corrected chi connectivity index (χ4v) is 4.97. The van der Waals surface area contributed by atoms with E-state index >= 15 is 0 Å². The van der Waals surface area contributed by atoms with Gasteiger partial charge < -0.3 is 24.6 Å². The zero-order valence-electron chi connectivity index (χ0n) is 22.2. The second-order valence-corrected chi connectivity index (χ2v) is 10.1. The molecule has 0 amide bonds. The molecule has 3 unspecified atom stereocenters. The van der Waals surface area contributed by atoms with Gasteiger partial charge in [-0.2, -0.15) is 0 Å². The second kappa shape index (κ2) is 18.7. The second-order valence-electron chi connectivity index (χ2n) is 10.1. The molecule has 34 heavy (non-hydrogen) atoms. The summed E-state index contributed by atoms with van der Waals surface area (Å²) in [6.07, 6.45) is 13.0. The molecule has 7 nitrogen and oxygen atoms in total. The quantitative estimate of drug-likeness (QED) is 0.160. The Morgan fingerprint density at radius 3 is 1.29 bits per heavy atom. The highest BCUT2D eigenvalue weighted by Gasteiger charge is 2.39. The molecule has 0 heterocycles. The summed E-state index contributed by atoms with van der Waals surface area (Å²) in [6, 6.07) is 0. The lowest BCUT2D eigenvalue weighted by Crippen LogP contribution is -2.59.